The molecule has 1 amide bonds. The van der Waals surface area contributed by atoms with Gasteiger partial charge in [0.15, 0.2) is 6.61 Å². The quantitative estimate of drug-likeness (QED) is 0.458. The zero-order valence-electron chi connectivity index (χ0n) is 17.2. The van der Waals surface area contributed by atoms with Gasteiger partial charge in [0.05, 0.1) is 28.3 Å². The zero-order chi connectivity index (χ0) is 24.0. The van der Waals surface area contributed by atoms with Crippen LogP contribution in [0.4, 0.5) is 15.8 Å². The van der Waals surface area contributed by atoms with Gasteiger partial charge in [0.25, 0.3) is 15.9 Å². The van der Waals surface area contributed by atoms with Gasteiger partial charge in [-0.25, -0.2) is 17.6 Å². The van der Waals surface area contributed by atoms with Crippen LogP contribution < -0.4 is 14.8 Å². The highest BCUT2D eigenvalue weighted by atomic mass is 35.5. The van der Waals surface area contributed by atoms with Crippen LogP contribution in [0.2, 0.25) is 5.02 Å². The predicted octanol–water partition coefficient (Wildman–Crippen LogP) is 4.08. The van der Waals surface area contributed by atoms with E-state index in [4.69, 9.17) is 21.1 Å². The molecule has 0 unspecified atom stereocenters. The van der Waals surface area contributed by atoms with Crippen LogP contribution >= 0.6 is 11.6 Å². The molecule has 0 saturated carbocycles. The molecule has 0 bridgehead atoms. The van der Waals surface area contributed by atoms with E-state index in [1.54, 1.807) is 12.1 Å². The van der Waals surface area contributed by atoms with E-state index < -0.39 is 34.3 Å². The van der Waals surface area contributed by atoms with Gasteiger partial charge in [0, 0.05) is 5.69 Å². The molecule has 3 aromatic carbocycles. The molecule has 0 atom stereocenters. The third-order valence-corrected chi connectivity index (χ3v) is 5.95. The van der Waals surface area contributed by atoms with E-state index >= 15 is 0 Å². The van der Waals surface area contributed by atoms with E-state index in [9.17, 15) is 22.4 Å². The van der Waals surface area contributed by atoms with Crippen molar-refractivity contribution in [2.24, 2.45) is 0 Å². The summed E-state index contributed by atoms with van der Waals surface area (Å²) in [6.07, 6.45) is 0. The first-order chi connectivity index (χ1) is 15.7. The minimum absolute atomic E-state index is 0.0167. The number of esters is 1. The molecule has 0 aromatic heterocycles. The summed E-state index contributed by atoms with van der Waals surface area (Å²) in [6.45, 7) is -0.659. The fourth-order valence-corrected chi connectivity index (χ4v) is 3.97. The lowest BCUT2D eigenvalue weighted by molar-refractivity contribution is -0.119. The molecule has 8 nitrogen and oxygen atoms in total. The van der Waals surface area contributed by atoms with Gasteiger partial charge in [-0.2, -0.15) is 0 Å². The van der Waals surface area contributed by atoms with Crippen molar-refractivity contribution < 1.29 is 31.9 Å². The van der Waals surface area contributed by atoms with Crippen molar-refractivity contribution in [1.82, 2.24) is 0 Å². The zero-order valence-corrected chi connectivity index (χ0v) is 18.7. The fraction of sp³-hybridized carbons (Fsp3) is 0.0909. The Labute approximate surface area is 194 Å². The summed E-state index contributed by atoms with van der Waals surface area (Å²) >= 11 is 5.83. The van der Waals surface area contributed by atoms with E-state index in [2.05, 4.69) is 10.0 Å². The van der Waals surface area contributed by atoms with Gasteiger partial charge in [-0.3, -0.25) is 9.52 Å². The number of hydrogen-bond acceptors (Lipinski definition) is 6. The first-order valence-electron chi connectivity index (χ1n) is 9.37. The monoisotopic (exact) mass is 492 g/mol. The van der Waals surface area contributed by atoms with Crippen LogP contribution in [-0.4, -0.2) is 34.0 Å². The van der Waals surface area contributed by atoms with Crippen LogP contribution in [0.5, 0.6) is 5.75 Å². The molecule has 0 aliphatic rings. The number of sulfonamides is 1. The van der Waals surface area contributed by atoms with Crippen LogP contribution in [0.1, 0.15) is 10.4 Å². The molecule has 0 aliphatic heterocycles. The SMILES string of the molecule is COc1ccc(NS(=O)(=O)c2cccc(C(=O)OCC(=O)Nc3ccc(F)cc3Cl)c2)cc1. The number of hydrogen-bond donors (Lipinski definition) is 2. The van der Waals surface area contributed by atoms with Crippen molar-refractivity contribution in [3.05, 3.63) is 83.1 Å². The molecule has 11 heteroatoms. The second-order valence-electron chi connectivity index (χ2n) is 6.61. The van der Waals surface area contributed by atoms with Crippen molar-refractivity contribution in [3.8, 4) is 5.75 Å². The first kappa shape index (κ1) is 24.0. The molecule has 0 radical (unpaired) electrons. The predicted molar refractivity (Wildman–Crippen MR) is 121 cm³/mol. The second kappa shape index (κ2) is 10.3. The number of amides is 1. The summed E-state index contributed by atoms with van der Waals surface area (Å²) in [6, 6.07) is 14.8. The molecule has 33 heavy (non-hydrogen) atoms. The van der Waals surface area contributed by atoms with E-state index in [1.165, 1.54) is 43.5 Å². The molecule has 0 spiro atoms. The third-order valence-electron chi connectivity index (χ3n) is 4.26. The van der Waals surface area contributed by atoms with Crippen molar-refractivity contribution in [3.63, 3.8) is 0 Å². The summed E-state index contributed by atoms with van der Waals surface area (Å²) in [5.41, 5.74) is 0.386. The van der Waals surface area contributed by atoms with E-state index in [1.807, 2.05) is 0 Å². The van der Waals surface area contributed by atoms with Crippen LogP contribution in [0.15, 0.2) is 71.6 Å². The van der Waals surface area contributed by atoms with Crippen molar-refractivity contribution in [1.29, 1.82) is 0 Å². The smallest absolute Gasteiger partial charge is 0.338 e. The van der Waals surface area contributed by atoms with Gasteiger partial charge in [-0.1, -0.05) is 17.7 Å². The van der Waals surface area contributed by atoms with Gasteiger partial charge in [-0.05, 0) is 60.7 Å². The van der Waals surface area contributed by atoms with E-state index in [0.717, 1.165) is 18.2 Å². The average Bonchev–Trinajstić information content (AvgIpc) is 2.79. The number of anilines is 2. The number of benzene rings is 3. The number of carbonyl (C=O) groups excluding carboxylic acids is 2. The molecule has 172 valence electrons. The van der Waals surface area contributed by atoms with Gasteiger partial charge < -0.3 is 14.8 Å². The maximum atomic E-state index is 13.1. The van der Waals surface area contributed by atoms with Gasteiger partial charge in [0.2, 0.25) is 0 Å². The molecule has 0 fully saturated rings. The Hall–Kier alpha value is -3.63. The molecular formula is C22H18ClFN2O6S. The summed E-state index contributed by atoms with van der Waals surface area (Å²) < 4.78 is 50.8. The normalized spacial score (nSPS) is 10.9. The van der Waals surface area contributed by atoms with Crippen LogP contribution in [0.3, 0.4) is 0 Å². The van der Waals surface area contributed by atoms with Crippen LogP contribution in [0.25, 0.3) is 0 Å². The number of nitrogens with one attached hydrogen (secondary N) is 2. The Morgan fingerprint density at radius 1 is 1.03 bits per heavy atom. The van der Waals surface area contributed by atoms with Crippen molar-refractivity contribution >= 4 is 44.9 Å². The Kier molecular flexibility index (Phi) is 7.52. The molecule has 0 aliphatic carbocycles. The Morgan fingerprint density at radius 3 is 2.42 bits per heavy atom. The Morgan fingerprint density at radius 2 is 1.76 bits per heavy atom. The van der Waals surface area contributed by atoms with Crippen molar-refractivity contribution in [2.75, 3.05) is 23.8 Å². The lowest BCUT2D eigenvalue weighted by atomic mass is 10.2. The summed E-state index contributed by atoms with van der Waals surface area (Å²) in [5.74, 6) is -1.62. The number of ether oxygens (including phenoxy) is 2. The van der Waals surface area contributed by atoms with Gasteiger partial charge in [0.1, 0.15) is 11.6 Å². The first-order valence-corrected chi connectivity index (χ1v) is 11.2. The fourth-order valence-electron chi connectivity index (χ4n) is 2.65. The molecule has 0 saturated heterocycles. The molecule has 3 rings (SSSR count). The number of carbonyl (C=O) groups is 2. The molecule has 0 heterocycles. The topological polar surface area (TPSA) is 111 Å². The summed E-state index contributed by atoms with van der Waals surface area (Å²) in [5, 5.41) is 2.37. The molecular weight excluding hydrogens is 475 g/mol. The second-order valence-corrected chi connectivity index (χ2v) is 8.70. The van der Waals surface area contributed by atoms with E-state index in [0.29, 0.717) is 11.4 Å². The minimum Gasteiger partial charge on any atom is -0.497 e. The summed E-state index contributed by atoms with van der Waals surface area (Å²) in [7, 11) is -2.50. The lowest BCUT2D eigenvalue weighted by Crippen LogP contribution is -2.21. The Bertz CT molecular complexity index is 1280. The minimum atomic E-state index is -3.99. The average molecular weight is 493 g/mol. The third kappa shape index (κ3) is 6.43. The van der Waals surface area contributed by atoms with Gasteiger partial charge in [-0.15, -0.1) is 0 Å². The largest absolute Gasteiger partial charge is 0.497 e. The van der Waals surface area contributed by atoms with Crippen LogP contribution in [0, 0.1) is 5.82 Å². The highest BCUT2D eigenvalue weighted by Crippen LogP contribution is 2.23. The maximum absolute atomic E-state index is 13.1. The van der Waals surface area contributed by atoms with Crippen LogP contribution in [-0.2, 0) is 19.6 Å². The maximum Gasteiger partial charge on any atom is 0.338 e. The Balaban J connectivity index is 1.64. The highest BCUT2D eigenvalue weighted by molar-refractivity contribution is 7.92. The number of halogens is 2. The summed E-state index contributed by atoms with van der Waals surface area (Å²) in [4.78, 5) is 24.1. The molecule has 2 N–H and O–H groups in total. The molecule has 3 aromatic rings. The van der Waals surface area contributed by atoms with E-state index in [-0.39, 0.29) is 21.2 Å². The van der Waals surface area contributed by atoms with Crippen molar-refractivity contribution in [2.45, 2.75) is 4.90 Å². The lowest BCUT2D eigenvalue weighted by Gasteiger charge is -2.10. The number of methoxy groups -OCH3 is 1. The van der Waals surface area contributed by atoms with Gasteiger partial charge >= 0.3 is 5.97 Å². The number of rotatable bonds is 8. The standard InChI is InChI=1S/C22H18ClFN2O6S/c1-31-17-8-6-16(7-9-17)26-33(29,30)18-4-2-3-14(11-18)22(28)32-13-21(27)25-20-10-5-15(24)12-19(20)23/h2-12,26H,13H2,1H3,(H,25,27). The highest BCUT2D eigenvalue weighted by Gasteiger charge is 2.18.